The Balaban J connectivity index is 1.18. The molecule has 5 aromatic rings. The van der Waals surface area contributed by atoms with Gasteiger partial charge in [0.2, 0.25) is 11.8 Å². The number of rotatable bonds is 12. The van der Waals surface area contributed by atoms with Crippen LogP contribution in [-0.4, -0.2) is 83.8 Å². The van der Waals surface area contributed by atoms with E-state index < -0.39 is 0 Å². The van der Waals surface area contributed by atoms with Crippen LogP contribution in [0.2, 0.25) is 5.02 Å². The number of carbonyl (C=O) groups excluding carboxylic acids is 1. The Kier molecular flexibility index (Phi) is 9.91. The van der Waals surface area contributed by atoms with E-state index in [1.807, 2.05) is 71.5 Å². The summed E-state index contributed by atoms with van der Waals surface area (Å²) in [6.45, 7) is 3.33. The molecule has 0 bridgehead atoms. The van der Waals surface area contributed by atoms with Gasteiger partial charge in [-0.05, 0) is 30.5 Å². The van der Waals surface area contributed by atoms with Crippen molar-refractivity contribution in [2.75, 3.05) is 41.0 Å². The number of halogens is 1. The van der Waals surface area contributed by atoms with Crippen LogP contribution in [0.4, 0.5) is 0 Å². The minimum Gasteiger partial charge on any atom is -0.496 e. The molecule has 50 heavy (non-hydrogen) atoms. The van der Waals surface area contributed by atoms with E-state index in [1.165, 1.54) is 0 Å². The first kappa shape index (κ1) is 33.8. The van der Waals surface area contributed by atoms with Crippen LogP contribution >= 0.6 is 11.6 Å². The third-order valence-electron chi connectivity index (χ3n) is 9.57. The lowest BCUT2D eigenvalue weighted by molar-refractivity contribution is -0.119. The molecule has 2 aliphatic heterocycles. The maximum Gasteiger partial charge on any atom is 0.220 e. The number of likely N-dealkylation sites (tertiary alicyclic amines) is 1. The van der Waals surface area contributed by atoms with Gasteiger partial charge in [-0.3, -0.25) is 9.69 Å². The van der Waals surface area contributed by atoms with Crippen LogP contribution in [0.25, 0.3) is 39.0 Å². The molecule has 2 fully saturated rings. The number of nitrogens with one attached hydrogen (secondary N) is 2. The number of benzene rings is 3. The summed E-state index contributed by atoms with van der Waals surface area (Å²) in [6, 6.07) is 20.1. The fraction of sp³-hybridized carbons (Fsp3) is 0.342. The molecule has 7 rings (SSSR count). The highest BCUT2D eigenvalue weighted by molar-refractivity contribution is 6.36. The summed E-state index contributed by atoms with van der Waals surface area (Å²) >= 11 is 7.17. The normalized spacial score (nSPS) is 17.7. The van der Waals surface area contributed by atoms with Gasteiger partial charge in [0, 0.05) is 79.4 Å². The number of methoxy groups -OCH3 is 3. The van der Waals surface area contributed by atoms with Crippen molar-refractivity contribution in [3.05, 3.63) is 83.0 Å². The average Bonchev–Trinajstić information content (AvgIpc) is 3.88. The van der Waals surface area contributed by atoms with Crippen molar-refractivity contribution in [2.45, 2.75) is 44.5 Å². The van der Waals surface area contributed by atoms with Crippen LogP contribution in [0.15, 0.2) is 66.9 Å². The van der Waals surface area contributed by atoms with Crippen molar-refractivity contribution in [1.82, 2.24) is 30.3 Å². The second-order valence-corrected chi connectivity index (χ2v) is 13.1. The van der Waals surface area contributed by atoms with Gasteiger partial charge >= 0.3 is 0 Å². The predicted molar refractivity (Wildman–Crippen MR) is 193 cm³/mol. The van der Waals surface area contributed by atoms with E-state index in [1.54, 1.807) is 21.3 Å². The fourth-order valence-electron chi connectivity index (χ4n) is 7.01. The highest BCUT2D eigenvalue weighted by atomic mass is 35.5. The zero-order valence-corrected chi connectivity index (χ0v) is 29.2. The highest BCUT2D eigenvalue weighted by Gasteiger charge is 2.24. The Morgan fingerprint density at radius 2 is 1.74 bits per heavy atom. The molecule has 2 aromatic heterocycles. The Labute approximate surface area is 296 Å². The number of fused-ring (bicyclic) bond motifs is 1. The van der Waals surface area contributed by atoms with Crippen LogP contribution < -0.4 is 24.8 Å². The van der Waals surface area contributed by atoms with E-state index in [2.05, 4.69) is 15.5 Å². The molecule has 3 N–H and O–H groups in total. The molecule has 0 saturated carbocycles. The molecule has 0 spiro atoms. The number of pyridine rings is 1. The van der Waals surface area contributed by atoms with Crippen LogP contribution in [0.3, 0.4) is 0 Å². The van der Waals surface area contributed by atoms with E-state index in [0.29, 0.717) is 60.7 Å². The number of aliphatic hydroxyl groups is 1. The van der Waals surface area contributed by atoms with Gasteiger partial charge in [0.15, 0.2) is 0 Å². The number of hydrogen-bond donors (Lipinski definition) is 3. The van der Waals surface area contributed by atoms with E-state index in [-0.39, 0.29) is 18.1 Å². The Morgan fingerprint density at radius 1 is 0.980 bits per heavy atom. The summed E-state index contributed by atoms with van der Waals surface area (Å²) < 4.78 is 19.2. The summed E-state index contributed by atoms with van der Waals surface area (Å²) in [7, 11) is 4.91. The number of aliphatic hydroxyl groups excluding tert-OH is 1. The minimum atomic E-state index is -0.287. The zero-order chi connectivity index (χ0) is 34.8. The van der Waals surface area contributed by atoms with Gasteiger partial charge in [-0.2, -0.15) is 5.10 Å². The van der Waals surface area contributed by atoms with Crippen LogP contribution in [0.1, 0.15) is 30.4 Å². The number of ether oxygens (including phenoxy) is 3. The molecule has 260 valence electrons. The van der Waals surface area contributed by atoms with E-state index in [9.17, 15) is 9.90 Å². The number of nitrogens with zero attached hydrogens (tertiary/aromatic N) is 4. The van der Waals surface area contributed by atoms with Crippen LogP contribution in [-0.2, 0) is 17.9 Å². The van der Waals surface area contributed by atoms with Gasteiger partial charge < -0.3 is 30.0 Å². The van der Waals surface area contributed by atoms with Crippen molar-refractivity contribution in [3.8, 4) is 45.5 Å². The maximum absolute atomic E-state index is 11.6. The summed E-state index contributed by atoms with van der Waals surface area (Å²) in [4.78, 5) is 18.7. The van der Waals surface area contributed by atoms with Gasteiger partial charge in [-0.25, -0.2) is 9.67 Å². The first-order chi connectivity index (χ1) is 24.4. The first-order valence-electron chi connectivity index (χ1n) is 16.8. The third kappa shape index (κ3) is 6.74. The summed E-state index contributed by atoms with van der Waals surface area (Å²) in [5.74, 6) is 1.98. The molecule has 0 aliphatic carbocycles. The number of carbonyl (C=O) groups is 1. The van der Waals surface area contributed by atoms with Crippen LogP contribution in [0.5, 0.6) is 17.4 Å². The number of hydrogen-bond acceptors (Lipinski definition) is 9. The Bertz CT molecular complexity index is 2010. The van der Waals surface area contributed by atoms with E-state index in [0.717, 1.165) is 63.8 Å². The molecule has 2 aliphatic rings. The van der Waals surface area contributed by atoms with Crippen molar-refractivity contribution in [3.63, 3.8) is 0 Å². The lowest BCUT2D eigenvalue weighted by Crippen LogP contribution is -2.35. The minimum absolute atomic E-state index is 0.0971. The van der Waals surface area contributed by atoms with Gasteiger partial charge in [-0.1, -0.05) is 48.0 Å². The lowest BCUT2D eigenvalue weighted by Gasteiger charge is -2.18. The van der Waals surface area contributed by atoms with Crippen molar-refractivity contribution < 1.29 is 24.1 Å². The molecule has 3 aromatic carbocycles. The molecule has 12 heteroatoms. The summed E-state index contributed by atoms with van der Waals surface area (Å²) in [5.41, 5.74) is 6.84. The third-order valence-corrected chi connectivity index (χ3v) is 9.97. The summed E-state index contributed by atoms with van der Waals surface area (Å²) in [5, 5.41) is 22.7. The molecule has 11 nitrogen and oxygen atoms in total. The monoisotopic (exact) mass is 696 g/mol. The molecular weight excluding hydrogens is 656 g/mol. The number of β-amino-alcohol motifs (C(OH)–C–C–N with tert-alkyl or cyclic N) is 1. The molecule has 2 saturated heterocycles. The lowest BCUT2D eigenvalue weighted by atomic mass is 9.98. The fourth-order valence-corrected chi connectivity index (χ4v) is 7.34. The second kappa shape index (κ2) is 14.7. The van der Waals surface area contributed by atoms with E-state index in [4.69, 9.17) is 35.9 Å². The summed E-state index contributed by atoms with van der Waals surface area (Å²) in [6.07, 6.45) is 3.73. The standard InChI is InChI=1S/C38H41ClN6O5/c1-48-34-16-25(17-35(49-2)31(34)19-40-18-24-11-13-36(47)42-24)45-33-9-5-6-27(30(33)20-41-45)28-7-4-8-29(37(28)39)32-12-10-23(38(43-32)50-3)21-44-15-14-26(46)22-44/h4-10,12,16-17,20,24,26,40,46H,11,13-15,18-19,21-22H2,1-3H3,(H,42,47)/t24-,26+/m0/s1. The van der Waals surface area contributed by atoms with E-state index >= 15 is 0 Å². The molecule has 2 atom stereocenters. The second-order valence-electron chi connectivity index (χ2n) is 12.8. The molecular formula is C38H41ClN6O5. The van der Waals surface area contributed by atoms with Crippen molar-refractivity contribution in [2.24, 2.45) is 0 Å². The SMILES string of the molecule is COc1cc(-n2ncc3c(-c4cccc(-c5ccc(CN6CC[C@@H](O)C6)c(OC)n5)c4Cl)cccc32)cc(OC)c1CNC[C@@H]1CCC(=O)N1. The maximum atomic E-state index is 11.6. The van der Waals surface area contributed by atoms with Crippen molar-refractivity contribution >= 4 is 28.4 Å². The molecule has 4 heterocycles. The van der Waals surface area contributed by atoms with Gasteiger partial charge in [0.05, 0.1) is 61.1 Å². The first-order valence-corrected chi connectivity index (χ1v) is 17.2. The largest absolute Gasteiger partial charge is 0.496 e. The smallest absolute Gasteiger partial charge is 0.220 e. The van der Waals surface area contributed by atoms with Gasteiger partial charge in [0.1, 0.15) is 11.5 Å². The number of amides is 1. The Morgan fingerprint density at radius 3 is 2.44 bits per heavy atom. The molecule has 0 unspecified atom stereocenters. The van der Waals surface area contributed by atoms with Crippen LogP contribution in [0, 0.1) is 0 Å². The highest BCUT2D eigenvalue weighted by Crippen LogP contribution is 2.40. The van der Waals surface area contributed by atoms with Gasteiger partial charge in [0.25, 0.3) is 0 Å². The number of aromatic nitrogens is 3. The molecule has 0 radical (unpaired) electrons. The van der Waals surface area contributed by atoms with Gasteiger partial charge in [-0.15, -0.1) is 0 Å². The zero-order valence-electron chi connectivity index (χ0n) is 28.4. The Hall–Kier alpha value is -4.68. The quantitative estimate of drug-likeness (QED) is 0.158. The topological polar surface area (TPSA) is 123 Å². The molecule has 1 amide bonds. The predicted octanol–water partition coefficient (Wildman–Crippen LogP) is 5.37. The van der Waals surface area contributed by atoms with Crippen molar-refractivity contribution in [1.29, 1.82) is 0 Å². The average molecular weight is 697 g/mol.